The summed E-state index contributed by atoms with van der Waals surface area (Å²) in [5, 5.41) is 5.32. The van der Waals surface area contributed by atoms with E-state index < -0.39 is 11.5 Å². The van der Waals surface area contributed by atoms with Gasteiger partial charge in [0.2, 0.25) is 4.96 Å². The molecule has 0 radical (unpaired) electrons. The fourth-order valence-electron chi connectivity index (χ4n) is 1.91. The molecule has 0 aliphatic rings. The van der Waals surface area contributed by atoms with E-state index in [9.17, 15) is 9.59 Å². The van der Waals surface area contributed by atoms with E-state index >= 15 is 0 Å². The van der Waals surface area contributed by atoms with Crippen molar-refractivity contribution in [2.75, 3.05) is 6.61 Å². The molecule has 0 saturated carbocycles. The predicted molar refractivity (Wildman–Crippen MR) is 88.9 cm³/mol. The van der Waals surface area contributed by atoms with Crippen LogP contribution in [0.25, 0.3) is 4.96 Å². The van der Waals surface area contributed by atoms with Gasteiger partial charge >= 0.3 is 5.97 Å². The summed E-state index contributed by atoms with van der Waals surface area (Å²) in [5.41, 5.74) is -0.711. The Labute approximate surface area is 145 Å². The van der Waals surface area contributed by atoms with E-state index in [1.807, 2.05) is 0 Å². The molecule has 0 N–H and O–H groups in total. The molecule has 0 spiro atoms. The molecular formula is C15H12ClN3O4S. The Kier molecular flexibility index (Phi) is 4.77. The van der Waals surface area contributed by atoms with Crippen LogP contribution in [-0.4, -0.2) is 27.2 Å². The Bertz CT molecular complexity index is 936. The minimum absolute atomic E-state index is 0.148. The third-order valence-corrected chi connectivity index (χ3v) is 4.15. The van der Waals surface area contributed by atoms with Crippen molar-refractivity contribution in [3.63, 3.8) is 0 Å². The molecule has 0 unspecified atom stereocenters. The van der Waals surface area contributed by atoms with Crippen LogP contribution in [0, 0.1) is 0 Å². The standard InChI is InChI=1S/C15H12ClN3O4S/c1-2-22-14(21)11-7-17-15-19(13(11)20)18-12(24-15)8-23-10-5-3-9(16)4-6-10/h3-7H,2,8H2,1H3. The topological polar surface area (TPSA) is 82.8 Å². The number of benzene rings is 1. The molecule has 0 atom stereocenters. The summed E-state index contributed by atoms with van der Waals surface area (Å²) >= 11 is 7.02. The summed E-state index contributed by atoms with van der Waals surface area (Å²) in [7, 11) is 0. The number of nitrogens with zero attached hydrogens (tertiary/aromatic N) is 3. The first-order valence-electron chi connectivity index (χ1n) is 7.01. The molecule has 2 heterocycles. The second kappa shape index (κ2) is 6.98. The number of hydrogen-bond donors (Lipinski definition) is 0. The van der Waals surface area contributed by atoms with Gasteiger partial charge in [-0.1, -0.05) is 22.9 Å². The number of hydrogen-bond acceptors (Lipinski definition) is 7. The van der Waals surface area contributed by atoms with Crippen LogP contribution >= 0.6 is 22.9 Å². The summed E-state index contributed by atoms with van der Waals surface area (Å²) in [6, 6.07) is 6.90. The zero-order chi connectivity index (χ0) is 17.1. The second-order valence-electron chi connectivity index (χ2n) is 4.63. The van der Waals surface area contributed by atoms with E-state index in [1.54, 1.807) is 31.2 Å². The van der Waals surface area contributed by atoms with E-state index in [0.717, 1.165) is 4.52 Å². The third-order valence-electron chi connectivity index (χ3n) is 3.00. The number of halogens is 1. The molecule has 2 aromatic heterocycles. The van der Waals surface area contributed by atoms with Gasteiger partial charge in [-0.3, -0.25) is 4.79 Å². The van der Waals surface area contributed by atoms with Crippen molar-refractivity contribution in [3.8, 4) is 5.75 Å². The van der Waals surface area contributed by atoms with E-state index in [0.29, 0.717) is 20.7 Å². The van der Waals surface area contributed by atoms with Gasteiger partial charge in [0.05, 0.1) is 12.8 Å². The summed E-state index contributed by atoms with van der Waals surface area (Å²) in [6.45, 7) is 2.01. The van der Waals surface area contributed by atoms with E-state index in [4.69, 9.17) is 21.1 Å². The van der Waals surface area contributed by atoms with Gasteiger partial charge in [0.15, 0.2) is 5.01 Å². The molecule has 9 heteroatoms. The highest BCUT2D eigenvalue weighted by atomic mass is 35.5. The van der Waals surface area contributed by atoms with Crippen LogP contribution in [0.1, 0.15) is 22.3 Å². The molecule has 7 nitrogen and oxygen atoms in total. The number of ether oxygens (including phenoxy) is 2. The lowest BCUT2D eigenvalue weighted by Crippen LogP contribution is -2.24. The molecular weight excluding hydrogens is 354 g/mol. The minimum Gasteiger partial charge on any atom is -0.486 e. The highest BCUT2D eigenvalue weighted by molar-refractivity contribution is 7.16. The molecule has 0 aliphatic carbocycles. The molecule has 0 aliphatic heterocycles. The largest absolute Gasteiger partial charge is 0.486 e. The fourth-order valence-corrected chi connectivity index (χ4v) is 2.80. The van der Waals surface area contributed by atoms with Crippen LogP contribution in [0.2, 0.25) is 5.02 Å². The zero-order valence-corrected chi connectivity index (χ0v) is 14.1. The van der Waals surface area contributed by atoms with Crippen LogP contribution in [0.4, 0.5) is 0 Å². The van der Waals surface area contributed by atoms with E-state index in [2.05, 4.69) is 10.1 Å². The highest BCUT2D eigenvalue weighted by Crippen LogP contribution is 2.18. The number of aromatic nitrogens is 3. The van der Waals surface area contributed by atoms with Crippen LogP contribution in [-0.2, 0) is 11.3 Å². The molecule has 3 rings (SSSR count). The van der Waals surface area contributed by atoms with Crippen molar-refractivity contribution in [1.82, 2.24) is 14.6 Å². The Morgan fingerprint density at radius 2 is 2.08 bits per heavy atom. The zero-order valence-electron chi connectivity index (χ0n) is 12.6. The maximum Gasteiger partial charge on any atom is 0.345 e. The van der Waals surface area contributed by atoms with Gasteiger partial charge < -0.3 is 9.47 Å². The normalized spacial score (nSPS) is 10.8. The van der Waals surface area contributed by atoms with Crippen LogP contribution in [0.5, 0.6) is 5.75 Å². The average Bonchev–Trinajstić information content (AvgIpc) is 2.99. The van der Waals surface area contributed by atoms with Crippen LogP contribution in [0.3, 0.4) is 0 Å². The third kappa shape index (κ3) is 3.39. The quantitative estimate of drug-likeness (QED) is 0.646. The molecule has 0 amide bonds. The molecule has 3 aromatic rings. The van der Waals surface area contributed by atoms with Crippen molar-refractivity contribution in [2.24, 2.45) is 0 Å². The molecule has 0 saturated heterocycles. The van der Waals surface area contributed by atoms with Crippen molar-refractivity contribution in [1.29, 1.82) is 0 Å². The fraction of sp³-hybridized carbons (Fsp3) is 0.200. The van der Waals surface area contributed by atoms with Gasteiger partial charge in [-0.05, 0) is 31.2 Å². The van der Waals surface area contributed by atoms with Gasteiger partial charge in [0.25, 0.3) is 5.56 Å². The lowest BCUT2D eigenvalue weighted by atomic mass is 10.3. The average molecular weight is 366 g/mol. The second-order valence-corrected chi connectivity index (χ2v) is 6.11. The Balaban J connectivity index is 1.83. The number of rotatable bonds is 5. The number of esters is 1. The SMILES string of the molecule is CCOC(=O)c1cnc2sc(COc3ccc(Cl)cc3)nn2c1=O. The Hall–Kier alpha value is -2.45. The number of fused-ring (bicyclic) bond motifs is 1. The maximum absolute atomic E-state index is 12.3. The highest BCUT2D eigenvalue weighted by Gasteiger charge is 2.17. The van der Waals surface area contributed by atoms with Gasteiger partial charge in [-0.25, -0.2) is 9.78 Å². The monoisotopic (exact) mass is 365 g/mol. The number of carbonyl (C=O) groups is 1. The summed E-state index contributed by atoms with van der Waals surface area (Å²) in [6.07, 6.45) is 1.21. The first kappa shape index (κ1) is 16.4. The molecule has 124 valence electrons. The van der Waals surface area contributed by atoms with E-state index in [-0.39, 0.29) is 18.8 Å². The first-order valence-corrected chi connectivity index (χ1v) is 8.21. The van der Waals surface area contributed by atoms with Gasteiger partial charge in [0, 0.05) is 5.02 Å². The lowest BCUT2D eigenvalue weighted by Gasteiger charge is -2.02. The lowest BCUT2D eigenvalue weighted by molar-refractivity contribution is 0.0523. The molecule has 1 aromatic carbocycles. The van der Waals surface area contributed by atoms with Gasteiger partial charge in [-0.2, -0.15) is 9.61 Å². The Morgan fingerprint density at radius 1 is 1.33 bits per heavy atom. The van der Waals surface area contributed by atoms with E-state index in [1.165, 1.54) is 17.5 Å². The maximum atomic E-state index is 12.3. The van der Waals surface area contributed by atoms with Crippen molar-refractivity contribution in [3.05, 3.63) is 56.4 Å². The minimum atomic E-state index is -0.712. The van der Waals surface area contributed by atoms with Crippen molar-refractivity contribution >= 4 is 33.9 Å². The van der Waals surface area contributed by atoms with Crippen LogP contribution in [0.15, 0.2) is 35.3 Å². The Morgan fingerprint density at radius 3 is 2.79 bits per heavy atom. The van der Waals surface area contributed by atoms with Gasteiger partial charge in [0.1, 0.15) is 17.9 Å². The first-order chi connectivity index (χ1) is 11.6. The van der Waals surface area contributed by atoms with Crippen molar-refractivity contribution in [2.45, 2.75) is 13.5 Å². The molecule has 0 fully saturated rings. The predicted octanol–water partition coefficient (Wildman–Crippen LogP) is 2.56. The smallest absolute Gasteiger partial charge is 0.345 e. The summed E-state index contributed by atoms with van der Waals surface area (Å²) in [5.74, 6) is -0.0810. The summed E-state index contributed by atoms with van der Waals surface area (Å²) < 4.78 is 11.5. The number of carbonyl (C=O) groups excluding carboxylic acids is 1. The van der Waals surface area contributed by atoms with Crippen molar-refractivity contribution < 1.29 is 14.3 Å². The summed E-state index contributed by atoms with van der Waals surface area (Å²) in [4.78, 5) is 28.5. The molecule has 24 heavy (non-hydrogen) atoms. The molecule has 0 bridgehead atoms. The van der Waals surface area contributed by atoms with Gasteiger partial charge in [-0.15, -0.1) is 0 Å². The van der Waals surface area contributed by atoms with Crippen LogP contribution < -0.4 is 10.3 Å².